The Labute approximate surface area is 158 Å². The van der Waals surface area contributed by atoms with Gasteiger partial charge >= 0.3 is 0 Å². The van der Waals surface area contributed by atoms with E-state index in [1.807, 2.05) is 26.0 Å². The van der Waals surface area contributed by atoms with Crippen molar-refractivity contribution in [1.82, 2.24) is 14.8 Å². The average Bonchev–Trinajstić information content (AvgIpc) is 3.15. The van der Waals surface area contributed by atoms with Gasteiger partial charge < -0.3 is 10.2 Å². The number of nitrogens with zero attached hydrogens (tertiary/aromatic N) is 4. The third-order valence-corrected chi connectivity index (χ3v) is 5.89. The van der Waals surface area contributed by atoms with E-state index in [1.165, 1.54) is 37.4 Å². The lowest BCUT2D eigenvalue weighted by atomic mass is 10.1. The number of amides is 1. The zero-order chi connectivity index (χ0) is 18.1. The van der Waals surface area contributed by atoms with Crippen LogP contribution in [0.4, 0.5) is 11.6 Å². The number of rotatable bonds is 6. The standard InChI is InChI=1S/C19H25N5OS/c1-13-5-6-14(2)16(11-13)20-17(25)12-26-19-22-21-18(23-9-3-4-10-23)24(19)15-7-8-15/h5-6,11,15H,3-4,7-10,12H2,1-2H3,(H,20,25). The first-order chi connectivity index (χ1) is 12.6. The maximum atomic E-state index is 12.4. The van der Waals surface area contributed by atoms with Gasteiger partial charge in [0.05, 0.1) is 5.75 Å². The Kier molecular flexibility index (Phi) is 4.89. The maximum absolute atomic E-state index is 12.4. The fourth-order valence-corrected chi connectivity index (χ4v) is 4.14. The number of thioether (sulfide) groups is 1. The van der Waals surface area contributed by atoms with Crippen LogP contribution in [0.2, 0.25) is 0 Å². The van der Waals surface area contributed by atoms with Gasteiger partial charge in [-0.15, -0.1) is 10.2 Å². The monoisotopic (exact) mass is 371 g/mol. The van der Waals surface area contributed by atoms with Gasteiger partial charge in [-0.3, -0.25) is 9.36 Å². The van der Waals surface area contributed by atoms with Crippen molar-refractivity contribution in [3.63, 3.8) is 0 Å². The third-order valence-electron chi connectivity index (χ3n) is 4.95. The summed E-state index contributed by atoms with van der Waals surface area (Å²) in [4.78, 5) is 14.7. The Morgan fingerprint density at radius 3 is 2.73 bits per heavy atom. The molecular formula is C19H25N5OS. The molecule has 1 aliphatic heterocycles. The van der Waals surface area contributed by atoms with Gasteiger partial charge in [0.1, 0.15) is 0 Å². The topological polar surface area (TPSA) is 63.1 Å². The number of carbonyl (C=O) groups is 1. The van der Waals surface area contributed by atoms with Gasteiger partial charge in [-0.25, -0.2) is 0 Å². The van der Waals surface area contributed by atoms with Crippen molar-refractivity contribution in [2.75, 3.05) is 29.1 Å². The van der Waals surface area contributed by atoms with E-state index in [9.17, 15) is 4.79 Å². The number of nitrogens with one attached hydrogen (secondary N) is 1. The molecule has 1 aliphatic carbocycles. The molecule has 0 atom stereocenters. The van der Waals surface area contributed by atoms with Crippen LogP contribution < -0.4 is 10.2 Å². The summed E-state index contributed by atoms with van der Waals surface area (Å²) in [6, 6.07) is 6.60. The van der Waals surface area contributed by atoms with E-state index >= 15 is 0 Å². The van der Waals surface area contributed by atoms with Crippen molar-refractivity contribution in [2.24, 2.45) is 0 Å². The number of hydrogen-bond donors (Lipinski definition) is 1. The van der Waals surface area contributed by atoms with Crippen LogP contribution in [0.15, 0.2) is 23.4 Å². The van der Waals surface area contributed by atoms with Crippen molar-refractivity contribution in [3.05, 3.63) is 29.3 Å². The predicted molar refractivity (Wildman–Crippen MR) is 105 cm³/mol. The summed E-state index contributed by atoms with van der Waals surface area (Å²) >= 11 is 1.48. The molecule has 2 aromatic rings. The molecule has 1 amide bonds. The highest BCUT2D eigenvalue weighted by Crippen LogP contribution is 2.41. The number of anilines is 2. The molecule has 2 fully saturated rings. The molecule has 2 heterocycles. The van der Waals surface area contributed by atoms with Crippen molar-refractivity contribution in [3.8, 4) is 0 Å². The molecule has 1 N–H and O–H groups in total. The number of carbonyl (C=O) groups excluding carboxylic acids is 1. The molecule has 1 aromatic heterocycles. The van der Waals surface area contributed by atoms with Crippen molar-refractivity contribution in [1.29, 1.82) is 0 Å². The van der Waals surface area contributed by atoms with E-state index < -0.39 is 0 Å². The van der Waals surface area contributed by atoms with Gasteiger partial charge in [-0.1, -0.05) is 23.9 Å². The van der Waals surface area contributed by atoms with E-state index in [2.05, 4.69) is 31.0 Å². The zero-order valence-corrected chi connectivity index (χ0v) is 16.2. The van der Waals surface area contributed by atoms with Crippen LogP contribution in [-0.4, -0.2) is 39.5 Å². The molecule has 0 unspecified atom stereocenters. The van der Waals surface area contributed by atoms with Gasteiger partial charge in [0.2, 0.25) is 11.9 Å². The highest BCUT2D eigenvalue weighted by Gasteiger charge is 2.32. The van der Waals surface area contributed by atoms with Gasteiger partial charge in [-0.05, 0) is 56.7 Å². The molecule has 7 heteroatoms. The van der Waals surface area contributed by atoms with E-state index in [-0.39, 0.29) is 5.91 Å². The second-order valence-corrected chi connectivity index (χ2v) is 8.18. The molecule has 138 valence electrons. The van der Waals surface area contributed by atoms with Crippen LogP contribution in [-0.2, 0) is 4.79 Å². The Morgan fingerprint density at radius 1 is 1.23 bits per heavy atom. The van der Waals surface area contributed by atoms with E-state index in [1.54, 1.807) is 0 Å². The molecular weight excluding hydrogens is 346 g/mol. The Hall–Kier alpha value is -2.02. The minimum Gasteiger partial charge on any atom is -0.341 e. The lowest BCUT2D eigenvalue weighted by molar-refractivity contribution is -0.113. The fraction of sp³-hybridized carbons (Fsp3) is 0.526. The maximum Gasteiger partial charge on any atom is 0.234 e. The Bertz CT molecular complexity index is 808. The molecule has 26 heavy (non-hydrogen) atoms. The van der Waals surface area contributed by atoms with Crippen LogP contribution in [0.25, 0.3) is 0 Å². The first kappa shape index (κ1) is 17.4. The first-order valence-electron chi connectivity index (χ1n) is 9.31. The van der Waals surface area contributed by atoms with Gasteiger partial charge in [0, 0.05) is 24.8 Å². The van der Waals surface area contributed by atoms with Crippen LogP contribution >= 0.6 is 11.8 Å². The molecule has 0 spiro atoms. The number of aromatic nitrogens is 3. The van der Waals surface area contributed by atoms with Crippen molar-refractivity contribution < 1.29 is 4.79 Å². The van der Waals surface area contributed by atoms with Gasteiger partial charge in [-0.2, -0.15) is 0 Å². The summed E-state index contributed by atoms with van der Waals surface area (Å²) in [6.45, 7) is 6.15. The van der Waals surface area contributed by atoms with Crippen molar-refractivity contribution >= 4 is 29.3 Å². The number of hydrogen-bond acceptors (Lipinski definition) is 5. The van der Waals surface area contributed by atoms with Gasteiger partial charge in [0.15, 0.2) is 5.16 Å². The second-order valence-electron chi connectivity index (χ2n) is 7.23. The molecule has 4 rings (SSSR count). The lowest BCUT2D eigenvalue weighted by Gasteiger charge is -2.18. The largest absolute Gasteiger partial charge is 0.341 e. The number of aryl methyl sites for hydroxylation is 2. The smallest absolute Gasteiger partial charge is 0.234 e. The van der Waals surface area contributed by atoms with Gasteiger partial charge in [0.25, 0.3) is 0 Å². The normalized spacial score (nSPS) is 16.9. The predicted octanol–water partition coefficient (Wildman–Crippen LogP) is 3.56. The molecule has 6 nitrogen and oxygen atoms in total. The van der Waals surface area contributed by atoms with Crippen LogP contribution in [0.1, 0.15) is 42.9 Å². The van der Waals surface area contributed by atoms with Crippen LogP contribution in [0.5, 0.6) is 0 Å². The summed E-state index contributed by atoms with van der Waals surface area (Å²) < 4.78 is 2.25. The molecule has 1 aromatic carbocycles. The highest BCUT2D eigenvalue weighted by molar-refractivity contribution is 7.99. The SMILES string of the molecule is Cc1ccc(C)c(NC(=O)CSc2nnc(N3CCCC3)n2C2CC2)c1. The summed E-state index contributed by atoms with van der Waals surface area (Å²) in [5, 5.41) is 12.7. The van der Waals surface area contributed by atoms with E-state index in [0.29, 0.717) is 11.8 Å². The fourth-order valence-electron chi connectivity index (χ4n) is 3.34. The Morgan fingerprint density at radius 2 is 2.00 bits per heavy atom. The van der Waals surface area contributed by atoms with Crippen LogP contribution in [0.3, 0.4) is 0 Å². The molecule has 2 aliphatic rings. The Balaban J connectivity index is 1.43. The molecule has 0 radical (unpaired) electrons. The molecule has 0 bridgehead atoms. The van der Waals surface area contributed by atoms with Crippen LogP contribution in [0, 0.1) is 13.8 Å². The molecule has 1 saturated heterocycles. The first-order valence-corrected chi connectivity index (χ1v) is 10.3. The summed E-state index contributed by atoms with van der Waals surface area (Å²) in [7, 11) is 0. The third kappa shape index (κ3) is 3.72. The quantitative estimate of drug-likeness (QED) is 0.787. The zero-order valence-electron chi connectivity index (χ0n) is 15.4. The number of benzene rings is 1. The second kappa shape index (κ2) is 7.31. The van der Waals surface area contributed by atoms with Crippen molar-refractivity contribution in [2.45, 2.75) is 50.7 Å². The highest BCUT2D eigenvalue weighted by atomic mass is 32.2. The summed E-state index contributed by atoms with van der Waals surface area (Å²) in [5.41, 5.74) is 3.10. The summed E-state index contributed by atoms with van der Waals surface area (Å²) in [5.74, 6) is 1.33. The van der Waals surface area contributed by atoms with E-state index in [0.717, 1.165) is 41.0 Å². The van der Waals surface area contributed by atoms with E-state index in [4.69, 9.17) is 0 Å². The minimum absolute atomic E-state index is 0.00299. The lowest BCUT2D eigenvalue weighted by Crippen LogP contribution is -2.22. The minimum atomic E-state index is -0.00299. The molecule has 1 saturated carbocycles. The average molecular weight is 372 g/mol. The summed E-state index contributed by atoms with van der Waals surface area (Å²) in [6.07, 6.45) is 4.80.